The number of halogens is 1. The molecule has 8 heteroatoms. The van der Waals surface area contributed by atoms with Crippen LogP contribution in [0.1, 0.15) is 16.6 Å². The monoisotopic (exact) mass is 319 g/mol. The molecule has 6 nitrogen and oxygen atoms in total. The third-order valence-electron chi connectivity index (χ3n) is 2.83. The van der Waals surface area contributed by atoms with Crippen LogP contribution in [0.15, 0.2) is 35.1 Å². The minimum Gasteiger partial charge on any atom is -0.462 e. The van der Waals surface area contributed by atoms with E-state index in [1.165, 1.54) is 12.1 Å². The Hall–Kier alpha value is -2.61. The summed E-state index contributed by atoms with van der Waals surface area (Å²) in [5.41, 5.74) is -0.331. The van der Waals surface area contributed by atoms with Gasteiger partial charge in [-0.2, -0.15) is 9.50 Å². The van der Waals surface area contributed by atoms with Gasteiger partial charge in [-0.05, 0) is 19.1 Å². The number of hydrogen-bond acceptors (Lipinski definition) is 6. The van der Waals surface area contributed by atoms with Crippen LogP contribution in [0.2, 0.25) is 0 Å². The average Bonchev–Trinajstić information content (AvgIpc) is 2.92. The van der Waals surface area contributed by atoms with Crippen molar-refractivity contribution in [3.8, 4) is 11.4 Å². The van der Waals surface area contributed by atoms with Crippen molar-refractivity contribution in [2.75, 3.05) is 6.61 Å². The summed E-state index contributed by atoms with van der Waals surface area (Å²) in [6.07, 6.45) is 0. The van der Waals surface area contributed by atoms with E-state index in [9.17, 15) is 14.0 Å². The number of hydrogen-bond donors (Lipinski definition) is 0. The lowest BCUT2D eigenvalue weighted by molar-refractivity contribution is 0.0531. The normalized spacial score (nSPS) is 10.8. The molecule has 0 bridgehead atoms. The Bertz CT molecular complexity index is 919. The van der Waals surface area contributed by atoms with Crippen molar-refractivity contribution in [3.05, 3.63) is 51.4 Å². The molecule has 0 aliphatic rings. The highest BCUT2D eigenvalue weighted by molar-refractivity contribution is 7.18. The smallest absolute Gasteiger partial charge is 0.348 e. The summed E-state index contributed by atoms with van der Waals surface area (Å²) in [7, 11) is 0. The molecule has 112 valence electrons. The molecule has 3 rings (SSSR count). The van der Waals surface area contributed by atoms with Gasteiger partial charge >= 0.3 is 5.97 Å². The summed E-state index contributed by atoms with van der Waals surface area (Å²) < 4.78 is 19.7. The molecule has 0 aliphatic carbocycles. The topological polar surface area (TPSA) is 73.6 Å². The fraction of sp³-hybridized carbons (Fsp3) is 0.143. The number of nitrogens with zero attached hydrogens (tertiary/aromatic N) is 3. The molecule has 0 N–H and O–H groups in total. The molecule has 0 fully saturated rings. The van der Waals surface area contributed by atoms with Crippen LogP contribution in [0.5, 0.6) is 0 Å². The number of rotatable bonds is 3. The van der Waals surface area contributed by atoms with Gasteiger partial charge in [0.05, 0.1) is 12.2 Å². The number of carbonyl (C=O) groups is 1. The summed E-state index contributed by atoms with van der Waals surface area (Å²) in [6.45, 7) is 1.88. The second kappa shape index (κ2) is 5.64. The van der Waals surface area contributed by atoms with Gasteiger partial charge < -0.3 is 4.74 Å². The molecule has 1 aromatic carbocycles. The lowest BCUT2D eigenvalue weighted by atomic mass is 10.2. The van der Waals surface area contributed by atoms with Crippen molar-refractivity contribution < 1.29 is 13.9 Å². The molecule has 3 aromatic rings. The van der Waals surface area contributed by atoms with Crippen LogP contribution in [0.3, 0.4) is 0 Å². The quantitative estimate of drug-likeness (QED) is 0.692. The van der Waals surface area contributed by atoms with E-state index in [-0.39, 0.29) is 27.8 Å². The van der Waals surface area contributed by atoms with Gasteiger partial charge in [0, 0.05) is 6.07 Å². The molecule has 0 spiro atoms. The highest BCUT2D eigenvalue weighted by Gasteiger charge is 2.16. The molecule has 2 heterocycles. The van der Waals surface area contributed by atoms with E-state index < -0.39 is 17.3 Å². The minimum atomic E-state index is -0.595. The number of fused-ring (bicyclic) bond motifs is 1. The molecule has 0 saturated carbocycles. The molecular weight excluding hydrogens is 309 g/mol. The van der Waals surface area contributed by atoms with Crippen LogP contribution in [0.25, 0.3) is 16.3 Å². The van der Waals surface area contributed by atoms with Gasteiger partial charge in [0.1, 0.15) is 10.7 Å². The Kier molecular flexibility index (Phi) is 3.68. The highest BCUT2D eigenvalue weighted by Crippen LogP contribution is 2.21. The molecule has 0 saturated heterocycles. The molecule has 0 unspecified atom stereocenters. The maximum Gasteiger partial charge on any atom is 0.348 e. The summed E-state index contributed by atoms with van der Waals surface area (Å²) in [5.74, 6) is -0.989. The van der Waals surface area contributed by atoms with Crippen LogP contribution >= 0.6 is 11.3 Å². The fourth-order valence-corrected chi connectivity index (χ4v) is 2.72. The Morgan fingerprint density at radius 3 is 2.91 bits per heavy atom. The molecular formula is C14H10FN3O3S. The Morgan fingerprint density at radius 2 is 2.18 bits per heavy atom. The summed E-state index contributed by atoms with van der Waals surface area (Å²) in [6, 6.07) is 7.14. The van der Waals surface area contributed by atoms with Gasteiger partial charge in [-0.15, -0.1) is 5.10 Å². The Morgan fingerprint density at radius 1 is 1.41 bits per heavy atom. The van der Waals surface area contributed by atoms with Crippen molar-refractivity contribution in [1.29, 1.82) is 0 Å². The maximum absolute atomic E-state index is 13.8. The van der Waals surface area contributed by atoms with Crippen LogP contribution in [0, 0.1) is 5.82 Å². The Balaban J connectivity index is 2.14. The second-order valence-corrected chi connectivity index (χ2v) is 5.29. The fourth-order valence-electron chi connectivity index (χ4n) is 1.87. The number of ether oxygens (including phenoxy) is 1. The van der Waals surface area contributed by atoms with Crippen molar-refractivity contribution in [1.82, 2.24) is 14.6 Å². The second-order valence-electron chi connectivity index (χ2n) is 4.28. The van der Waals surface area contributed by atoms with E-state index in [2.05, 4.69) is 10.1 Å². The summed E-state index contributed by atoms with van der Waals surface area (Å²) in [4.78, 5) is 28.2. The third kappa shape index (κ3) is 2.48. The Labute approximate surface area is 127 Å². The first kappa shape index (κ1) is 14.3. The van der Waals surface area contributed by atoms with Gasteiger partial charge in [0.25, 0.3) is 5.56 Å². The molecule has 0 aliphatic heterocycles. The zero-order valence-electron chi connectivity index (χ0n) is 11.4. The van der Waals surface area contributed by atoms with Crippen LogP contribution < -0.4 is 5.56 Å². The molecule has 0 radical (unpaired) electrons. The van der Waals surface area contributed by atoms with Gasteiger partial charge in [0.2, 0.25) is 4.96 Å². The first-order valence-corrected chi connectivity index (χ1v) is 7.24. The van der Waals surface area contributed by atoms with Gasteiger partial charge in [0.15, 0.2) is 5.82 Å². The van der Waals surface area contributed by atoms with Gasteiger partial charge in [-0.3, -0.25) is 4.79 Å². The largest absolute Gasteiger partial charge is 0.462 e. The third-order valence-corrected chi connectivity index (χ3v) is 3.78. The van der Waals surface area contributed by atoms with E-state index in [4.69, 9.17) is 4.74 Å². The van der Waals surface area contributed by atoms with E-state index in [0.29, 0.717) is 0 Å². The molecule has 22 heavy (non-hydrogen) atoms. The number of aromatic nitrogens is 3. The summed E-state index contributed by atoms with van der Waals surface area (Å²) in [5, 5.41) is 4.00. The molecule has 0 atom stereocenters. The zero-order valence-corrected chi connectivity index (χ0v) is 12.3. The van der Waals surface area contributed by atoms with Crippen molar-refractivity contribution in [2.45, 2.75) is 6.92 Å². The lowest BCUT2D eigenvalue weighted by Gasteiger charge is -1.99. The first-order chi connectivity index (χ1) is 10.6. The van der Waals surface area contributed by atoms with Gasteiger partial charge in [-0.1, -0.05) is 23.5 Å². The van der Waals surface area contributed by atoms with E-state index in [0.717, 1.165) is 21.9 Å². The zero-order chi connectivity index (χ0) is 15.7. The van der Waals surface area contributed by atoms with Crippen LogP contribution in [-0.2, 0) is 4.74 Å². The predicted molar refractivity (Wildman–Crippen MR) is 78.5 cm³/mol. The van der Waals surface area contributed by atoms with E-state index >= 15 is 0 Å². The highest BCUT2D eigenvalue weighted by atomic mass is 32.1. The molecule has 2 aromatic heterocycles. The molecule has 0 amide bonds. The standard InChI is InChI=1S/C14H10FN3O3S/c1-2-21-13(20)10-7-11(19)18-14(22-10)16-12(17-18)8-5-3-4-6-9(8)15/h3-7H,2H2,1H3. The van der Waals surface area contributed by atoms with E-state index in [1.54, 1.807) is 19.1 Å². The van der Waals surface area contributed by atoms with Crippen LogP contribution in [-0.4, -0.2) is 27.2 Å². The number of carbonyl (C=O) groups excluding carboxylic acids is 1. The summed E-state index contributed by atoms with van der Waals surface area (Å²) >= 11 is 0.963. The SMILES string of the molecule is CCOC(=O)c1cc(=O)n2nc(-c3ccccc3F)nc2s1. The lowest BCUT2D eigenvalue weighted by Crippen LogP contribution is -2.15. The minimum absolute atomic E-state index is 0.0902. The van der Waals surface area contributed by atoms with E-state index in [1.807, 2.05) is 0 Å². The van der Waals surface area contributed by atoms with Crippen molar-refractivity contribution in [3.63, 3.8) is 0 Å². The van der Waals surface area contributed by atoms with Crippen molar-refractivity contribution in [2.24, 2.45) is 0 Å². The van der Waals surface area contributed by atoms with Gasteiger partial charge in [-0.25, -0.2) is 9.18 Å². The average molecular weight is 319 g/mol. The first-order valence-electron chi connectivity index (χ1n) is 6.43. The van der Waals surface area contributed by atoms with Crippen molar-refractivity contribution >= 4 is 22.3 Å². The predicted octanol–water partition coefficient (Wildman–Crippen LogP) is 2.13. The number of esters is 1. The van der Waals surface area contributed by atoms with Crippen LogP contribution in [0.4, 0.5) is 4.39 Å². The number of benzene rings is 1. The maximum atomic E-state index is 13.8.